The van der Waals surface area contributed by atoms with E-state index in [9.17, 15) is 4.79 Å². The molecule has 4 nitrogen and oxygen atoms in total. The molecular formula is C28H27NO3. The van der Waals surface area contributed by atoms with Crippen molar-refractivity contribution in [1.82, 2.24) is 4.57 Å². The fourth-order valence-electron chi connectivity index (χ4n) is 3.77. The molecule has 0 N–H and O–H groups in total. The van der Waals surface area contributed by atoms with Crippen molar-refractivity contribution in [2.75, 3.05) is 13.7 Å². The lowest BCUT2D eigenvalue weighted by molar-refractivity contribution is 0.0514. The van der Waals surface area contributed by atoms with Gasteiger partial charge in [-0.1, -0.05) is 66.2 Å². The van der Waals surface area contributed by atoms with Crippen LogP contribution in [0.4, 0.5) is 0 Å². The van der Waals surface area contributed by atoms with Gasteiger partial charge in [-0.05, 0) is 60.4 Å². The normalized spacial score (nSPS) is 10.7. The van der Waals surface area contributed by atoms with E-state index in [1.165, 1.54) is 5.56 Å². The van der Waals surface area contributed by atoms with Gasteiger partial charge in [0.1, 0.15) is 11.4 Å². The van der Waals surface area contributed by atoms with Crippen LogP contribution >= 0.6 is 0 Å². The average molecular weight is 426 g/mol. The van der Waals surface area contributed by atoms with Gasteiger partial charge in [0.15, 0.2) is 0 Å². The van der Waals surface area contributed by atoms with Crippen LogP contribution in [-0.4, -0.2) is 24.3 Å². The van der Waals surface area contributed by atoms with Gasteiger partial charge in [0.2, 0.25) is 0 Å². The molecule has 1 heterocycles. The Hall–Kier alpha value is -3.79. The summed E-state index contributed by atoms with van der Waals surface area (Å²) < 4.78 is 12.6. The number of methoxy groups -OCH3 is 1. The molecule has 4 rings (SSSR count). The number of hydrogen-bond acceptors (Lipinski definition) is 3. The molecule has 0 radical (unpaired) electrons. The molecular weight excluding hydrogens is 398 g/mol. The summed E-state index contributed by atoms with van der Waals surface area (Å²) in [5, 5.41) is 0. The SMILES string of the molecule is CCOC(=O)c1ccc(-c2ccc(C)cc2)n1Cc1ccc(-c2ccc(OC)cc2)cc1. The van der Waals surface area contributed by atoms with E-state index in [1.807, 2.05) is 47.9 Å². The van der Waals surface area contributed by atoms with Crippen LogP contribution < -0.4 is 4.74 Å². The zero-order chi connectivity index (χ0) is 22.5. The summed E-state index contributed by atoms with van der Waals surface area (Å²) in [6, 6.07) is 28.6. The molecule has 0 saturated heterocycles. The molecule has 3 aromatic carbocycles. The van der Waals surface area contributed by atoms with Crippen molar-refractivity contribution < 1.29 is 14.3 Å². The zero-order valence-corrected chi connectivity index (χ0v) is 18.7. The Labute approximate surface area is 189 Å². The maximum atomic E-state index is 12.6. The zero-order valence-electron chi connectivity index (χ0n) is 18.7. The highest BCUT2D eigenvalue weighted by Crippen LogP contribution is 2.27. The standard InChI is InChI=1S/C28H27NO3/c1-4-32-28(30)27-18-17-26(24-9-5-20(2)6-10-24)29(27)19-21-7-11-22(12-8-21)23-13-15-25(31-3)16-14-23/h5-18H,4,19H2,1-3H3. The Morgan fingerprint density at radius 2 is 1.38 bits per heavy atom. The smallest absolute Gasteiger partial charge is 0.354 e. The fourth-order valence-corrected chi connectivity index (χ4v) is 3.77. The molecule has 0 spiro atoms. The van der Waals surface area contributed by atoms with E-state index >= 15 is 0 Å². The van der Waals surface area contributed by atoms with Gasteiger partial charge in [0.05, 0.1) is 13.7 Å². The quantitative estimate of drug-likeness (QED) is 0.323. The van der Waals surface area contributed by atoms with Gasteiger partial charge in [-0.15, -0.1) is 0 Å². The second-order valence-electron chi connectivity index (χ2n) is 7.70. The number of esters is 1. The summed E-state index contributed by atoms with van der Waals surface area (Å²) in [7, 11) is 1.67. The molecule has 0 fully saturated rings. The largest absolute Gasteiger partial charge is 0.497 e. The number of nitrogens with zero attached hydrogens (tertiary/aromatic N) is 1. The molecule has 4 aromatic rings. The minimum atomic E-state index is -0.305. The van der Waals surface area contributed by atoms with Crippen LogP contribution in [0.2, 0.25) is 0 Å². The highest BCUT2D eigenvalue weighted by atomic mass is 16.5. The molecule has 0 amide bonds. The summed E-state index contributed by atoms with van der Waals surface area (Å²) in [6.45, 7) is 4.81. The van der Waals surface area contributed by atoms with Crippen LogP contribution in [0.1, 0.15) is 28.5 Å². The monoisotopic (exact) mass is 425 g/mol. The predicted octanol–water partition coefficient (Wildman–Crippen LogP) is 6.36. The first-order valence-electron chi connectivity index (χ1n) is 10.8. The second-order valence-corrected chi connectivity index (χ2v) is 7.70. The molecule has 4 heteroatoms. The van der Waals surface area contributed by atoms with Crippen LogP contribution in [0.25, 0.3) is 22.4 Å². The maximum absolute atomic E-state index is 12.6. The molecule has 0 saturated carbocycles. The van der Waals surface area contributed by atoms with Gasteiger partial charge in [0, 0.05) is 12.2 Å². The maximum Gasteiger partial charge on any atom is 0.354 e. The van der Waals surface area contributed by atoms with Gasteiger partial charge in [-0.3, -0.25) is 0 Å². The third kappa shape index (κ3) is 4.59. The Bertz CT molecular complexity index is 1190. The number of aromatic nitrogens is 1. The average Bonchev–Trinajstić information content (AvgIpc) is 3.24. The van der Waals surface area contributed by atoms with Crippen LogP contribution in [0, 0.1) is 6.92 Å². The lowest BCUT2D eigenvalue weighted by Gasteiger charge is -2.14. The van der Waals surface area contributed by atoms with Crippen molar-refractivity contribution in [3.05, 3.63) is 102 Å². The van der Waals surface area contributed by atoms with E-state index in [1.54, 1.807) is 7.11 Å². The minimum Gasteiger partial charge on any atom is -0.497 e. The van der Waals surface area contributed by atoms with Crippen LogP contribution in [-0.2, 0) is 11.3 Å². The number of carbonyl (C=O) groups is 1. The van der Waals surface area contributed by atoms with E-state index in [4.69, 9.17) is 9.47 Å². The summed E-state index contributed by atoms with van der Waals surface area (Å²) >= 11 is 0. The number of carbonyl (C=O) groups excluding carboxylic acids is 1. The third-order valence-electron chi connectivity index (χ3n) is 5.53. The van der Waals surface area contributed by atoms with E-state index in [0.29, 0.717) is 18.8 Å². The number of hydrogen-bond donors (Lipinski definition) is 0. The van der Waals surface area contributed by atoms with Crippen LogP contribution in [0.3, 0.4) is 0 Å². The summed E-state index contributed by atoms with van der Waals surface area (Å²) in [6.07, 6.45) is 0. The van der Waals surface area contributed by atoms with Crippen LogP contribution in [0.15, 0.2) is 84.9 Å². The van der Waals surface area contributed by atoms with Gasteiger partial charge >= 0.3 is 5.97 Å². The molecule has 0 bridgehead atoms. The van der Waals surface area contributed by atoms with Crippen molar-refractivity contribution in [1.29, 1.82) is 0 Å². The molecule has 0 unspecified atom stereocenters. The lowest BCUT2D eigenvalue weighted by atomic mass is 10.0. The van der Waals surface area contributed by atoms with Crippen molar-refractivity contribution in [3.63, 3.8) is 0 Å². The number of benzene rings is 3. The topological polar surface area (TPSA) is 40.5 Å². The third-order valence-corrected chi connectivity index (χ3v) is 5.53. The number of aryl methyl sites for hydroxylation is 1. The lowest BCUT2D eigenvalue weighted by Crippen LogP contribution is -2.13. The molecule has 0 aliphatic rings. The number of rotatable bonds is 7. The molecule has 0 aliphatic heterocycles. The Kier molecular flexibility index (Phi) is 6.41. The van der Waals surface area contributed by atoms with Crippen LogP contribution in [0.5, 0.6) is 5.75 Å². The van der Waals surface area contributed by atoms with Crippen molar-refractivity contribution >= 4 is 5.97 Å². The highest BCUT2D eigenvalue weighted by Gasteiger charge is 2.17. The summed E-state index contributed by atoms with van der Waals surface area (Å²) in [5.41, 5.74) is 7.19. The first-order valence-corrected chi connectivity index (χ1v) is 10.8. The Balaban J connectivity index is 1.65. The summed E-state index contributed by atoms with van der Waals surface area (Å²) in [4.78, 5) is 12.6. The van der Waals surface area contributed by atoms with Gasteiger partial charge < -0.3 is 14.0 Å². The molecule has 1 aromatic heterocycles. The van der Waals surface area contributed by atoms with Crippen molar-refractivity contribution in [2.45, 2.75) is 20.4 Å². The van der Waals surface area contributed by atoms with Gasteiger partial charge in [-0.25, -0.2) is 4.79 Å². The minimum absolute atomic E-state index is 0.305. The molecule has 0 aliphatic carbocycles. The van der Waals surface area contributed by atoms with Gasteiger partial charge in [0.25, 0.3) is 0 Å². The molecule has 32 heavy (non-hydrogen) atoms. The molecule has 0 atom stereocenters. The van der Waals surface area contributed by atoms with Crippen molar-refractivity contribution in [3.8, 4) is 28.1 Å². The van der Waals surface area contributed by atoms with E-state index in [0.717, 1.165) is 33.7 Å². The Morgan fingerprint density at radius 1 is 0.781 bits per heavy atom. The Morgan fingerprint density at radius 3 is 1.97 bits per heavy atom. The first kappa shape index (κ1) is 21.4. The predicted molar refractivity (Wildman–Crippen MR) is 128 cm³/mol. The molecule has 162 valence electrons. The van der Waals surface area contributed by atoms with E-state index in [-0.39, 0.29) is 5.97 Å². The highest BCUT2D eigenvalue weighted by molar-refractivity contribution is 5.89. The summed E-state index contributed by atoms with van der Waals surface area (Å²) in [5.74, 6) is 0.536. The second kappa shape index (κ2) is 9.56. The van der Waals surface area contributed by atoms with E-state index in [2.05, 4.69) is 55.5 Å². The fraction of sp³-hybridized carbons (Fsp3) is 0.179. The van der Waals surface area contributed by atoms with Crippen molar-refractivity contribution in [2.24, 2.45) is 0 Å². The number of ether oxygens (including phenoxy) is 2. The van der Waals surface area contributed by atoms with E-state index < -0.39 is 0 Å². The first-order chi connectivity index (χ1) is 15.6. The van der Waals surface area contributed by atoms with Gasteiger partial charge in [-0.2, -0.15) is 0 Å².